The van der Waals surface area contributed by atoms with Crippen molar-refractivity contribution in [1.29, 1.82) is 0 Å². The van der Waals surface area contributed by atoms with Crippen LogP contribution in [0.2, 0.25) is 0 Å². The van der Waals surface area contributed by atoms with Gasteiger partial charge in [-0.1, -0.05) is 30.3 Å². The monoisotopic (exact) mass is 266 g/mol. The third-order valence-corrected chi connectivity index (χ3v) is 3.95. The molecule has 3 rings (SSSR count). The van der Waals surface area contributed by atoms with Crippen molar-refractivity contribution in [2.45, 2.75) is 25.8 Å². The van der Waals surface area contributed by atoms with Crippen molar-refractivity contribution in [3.8, 4) is 0 Å². The van der Waals surface area contributed by atoms with Crippen molar-refractivity contribution in [2.75, 3.05) is 10.6 Å². The fraction of sp³-hybridized carbons (Fsp3) is 0.235. The largest absolute Gasteiger partial charge is 0.399 e. The molecule has 0 saturated heterocycles. The molecule has 1 aliphatic rings. The lowest BCUT2D eigenvalue weighted by molar-refractivity contribution is -0.122. The van der Waals surface area contributed by atoms with E-state index in [0.29, 0.717) is 12.2 Å². The maximum absolute atomic E-state index is 12.7. The van der Waals surface area contributed by atoms with Crippen LogP contribution in [-0.4, -0.2) is 5.91 Å². The van der Waals surface area contributed by atoms with Gasteiger partial charge >= 0.3 is 0 Å². The number of benzene rings is 2. The third kappa shape index (κ3) is 1.86. The molecular formula is C17H18N2O. The van der Waals surface area contributed by atoms with Crippen molar-refractivity contribution in [3.63, 3.8) is 0 Å². The van der Waals surface area contributed by atoms with Gasteiger partial charge in [-0.05, 0) is 43.2 Å². The molecule has 0 spiro atoms. The molecule has 0 atom stereocenters. The van der Waals surface area contributed by atoms with E-state index < -0.39 is 5.41 Å². The van der Waals surface area contributed by atoms with E-state index in [1.165, 1.54) is 0 Å². The smallest absolute Gasteiger partial charge is 0.237 e. The van der Waals surface area contributed by atoms with Gasteiger partial charge in [0.15, 0.2) is 0 Å². The Bertz CT molecular complexity index is 662. The molecule has 2 aromatic carbocycles. The Kier molecular flexibility index (Phi) is 2.78. The van der Waals surface area contributed by atoms with Crippen LogP contribution in [0.3, 0.4) is 0 Å². The van der Waals surface area contributed by atoms with E-state index in [9.17, 15) is 4.79 Å². The molecular weight excluding hydrogens is 248 g/mol. The zero-order valence-electron chi connectivity index (χ0n) is 11.8. The minimum Gasteiger partial charge on any atom is -0.399 e. The summed E-state index contributed by atoms with van der Waals surface area (Å²) in [6.45, 7) is 4.51. The number of amides is 1. The molecule has 0 aromatic heterocycles. The Balaban J connectivity index is 2.04. The van der Waals surface area contributed by atoms with Crippen LogP contribution in [0, 0.1) is 0 Å². The van der Waals surface area contributed by atoms with Crippen molar-refractivity contribution < 1.29 is 4.79 Å². The summed E-state index contributed by atoms with van der Waals surface area (Å²) in [5.74, 6) is 0.127. The molecule has 1 aliphatic heterocycles. The number of fused-ring (bicyclic) bond motifs is 1. The summed E-state index contributed by atoms with van der Waals surface area (Å²) in [5, 5.41) is 0. The fourth-order valence-corrected chi connectivity index (χ4v) is 2.77. The number of carbonyl (C=O) groups excluding carboxylic acids is 1. The molecule has 3 nitrogen and oxygen atoms in total. The minimum atomic E-state index is -0.514. The maximum atomic E-state index is 12.7. The molecule has 0 bridgehead atoms. The first kappa shape index (κ1) is 12.7. The molecule has 102 valence electrons. The molecule has 0 saturated carbocycles. The summed E-state index contributed by atoms with van der Waals surface area (Å²) in [5.41, 5.74) is 9.16. The van der Waals surface area contributed by atoms with E-state index in [2.05, 4.69) is 0 Å². The van der Waals surface area contributed by atoms with E-state index >= 15 is 0 Å². The van der Waals surface area contributed by atoms with Gasteiger partial charge in [-0.2, -0.15) is 0 Å². The molecule has 1 heterocycles. The second-order valence-corrected chi connectivity index (χ2v) is 5.78. The normalized spacial score (nSPS) is 16.3. The van der Waals surface area contributed by atoms with Gasteiger partial charge in [0.05, 0.1) is 12.0 Å². The summed E-state index contributed by atoms with van der Waals surface area (Å²) < 4.78 is 0. The Hall–Kier alpha value is -2.29. The van der Waals surface area contributed by atoms with E-state index in [4.69, 9.17) is 5.73 Å². The first-order valence-electron chi connectivity index (χ1n) is 6.76. The second-order valence-electron chi connectivity index (χ2n) is 5.78. The van der Waals surface area contributed by atoms with E-state index in [1.807, 2.05) is 67.3 Å². The number of nitrogens with two attached hydrogens (primary N) is 1. The lowest BCUT2D eigenvalue weighted by atomic mass is 9.86. The first-order valence-corrected chi connectivity index (χ1v) is 6.76. The van der Waals surface area contributed by atoms with Gasteiger partial charge in [-0.15, -0.1) is 0 Å². The van der Waals surface area contributed by atoms with Crippen molar-refractivity contribution >= 4 is 17.3 Å². The van der Waals surface area contributed by atoms with Gasteiger partial charge < -0.3 is 10.6 Å². The van der Waals surface area contributed by atoms with Crippen molar-refractivity contribution in [1.82, 2.24) is 0 Å². The Morgan fingerprint density at radius 1 is 1.10 bits per heavy atom. The number of nitrogen functional groups attached to an aromatic ring is 1. The predicted octanol–water partition coefficient (Wildman–Crippen LogP) is 3.09. The lowest BCUT2D eigenvalue weighted by Gasteiger charge is -2.20. The van der Waals surface area contributed by atoms with Gasteiger partial charge in [0.25, 0.3) is 0 Å². The molecule has 0 fully saturated rings. The molecule has 3 heteroatoms. The zero-order valence-corrected chi connectivity index (χ0v) is 11.8. The molecule has 0 unspecified atom stereocenters. The highest BCUT2D eigenvalue weighted by molar-refractivity contribution is 6.07. The number of hydrogen-bond acceptors (Lipinski definition) is 2. The van der Waals surface area contributed by atoms with E-state index in [1.54, 1.807) is 0 Å². The second kappa shape index (κ2) is 4.37. The summed E-state index contributed by atoms with van der Waals surface area (Å²) >= 11 is 0. The summed E-state index contributed by atoms with van der Waals surface area (Å²) in [7, 11) is 0. The highest BCUT2D eigenvalue weighted by Crippen LogP contribution is 2.43. The topological polar surface area (TPSA) is 46.3 Å². The maximum Gasteiger partial charge on any atom is 0.237 e. The number of rotatable bonds is 2. The van der Waals surface area contributed by atoms with Crippen LogP contribution < -0.4 is 10.6 Å². The quantitative estimate of drug-likeness (QED) is 0.849. The van der Waals surface area contributed by atoms with Crippen LogP contribution in [0.15, 0.2) is 48.5 Å². The van der Waals surface area contributed by atoms with Crippen LogP contribution in [0.1, 0.15) is 25.0 Å². The van der Waals surface area contributed by atoms with Crippen molar-refractivity contribution in [2.24, 2.45) is 0 Å². The Labute approximate surface area is 119 Å². The average molecular weight is 266 g/mol. The Morgan fingerprint density at radius 2 is 1.80 bits per heavy atom. The average Bonchev–Trinajstić information content (AvgIpc) is 2.62. The van der Waals surface area contributed by atoms with E-state index in [0.717, 1.165) is 16.8 Å². The SMILES string of the molecule is CC1(C)C(=O)N(Cc2ccccc2)c2ccc(N)cc21. The Morgan fingerprint density at radius 3 is 2.50 bits per heavy atom. The molecule has 1 amide bonds. The van der Waals surface area contributed by atoms with Gasteiger partial charge in [0.2, 0.25) is 5.91 Å². The standard InChI is InChI=1S/C17H18N2O/c1-17(2)14-10-13(18)8-9-15(14)19(16(17)20)11-12-6-4-3-5-7-12/h3-10H,11,18H2,1-2H3. The van der Waals surface area contributed by atoms with Crippen LogP contribution >= 0.6 is 0 Å². The van der Waals surface area contributed by atoms with E-state index in [-0.39, 0.29) is 5.91 Å². The van der Waals surface area contributed by atoms with Crippen LogP contribution in [0.25, 0.3) is 0 Å². The molecule has 2 N–H and O–H groups in total. The fourth-order valence-electron chi connectivity index (χ4n) is 2.77. The number of carbonyl (C=O) groups is 1. The molecule has 2 aromatic rings. The summed E-state index contributed by atoms with van der Waals surface area (Å²) in [6, 6.07) is 15.7. The van der Waals surface area contributed by atoms with Crippen LogP contribution in [0.4, 0.5) is 11.4 Å². The molecule has 0 radical (unpaired) electrons. The van der Waals surface area contributed by atoms with Crippen molar-refractivity contribution in [3.05, 3.63) is 59.7 Å². The first-order chi connectivity index (χ1) is 9.50. The highest BCUT2D eigenvalue weighted by Gasteiger charge is 2.43. The lowest BCUT2D eigenvalue weighted by Crippen LogP contribution is -2.35. The molecule has 0 aliphatic carbocycles. The predicted molar refractivity (Wildman–Crippen MR) is 81.5 cm³/mol. The van der Waals surface area contributed by atoms with Crippen LogP contribution in [-0.2, 0) is 16.8 Å². The number of nitrogens with zero attached hydrogens (tertiary/aromatic N) is 1. The van der Waals surface area contributed by atoms with Gasteiger partial charge in [-0.25, -0.2) is 0 Å². The molecule has 20 heavy (non-hydrogen) atoms. The number of anilines is 2. The van der Waals surface area contributed by atoms with Gasteiger partial charge in [0.1, 0.15) is 0 Å². The summed E-state index contributed by atoms with van der Waals surface area (Å²) in [4.78, 5) is 14.5. The zero-order chi connectivity index (χ0) is 14.3. The van der Waals surface area contributed by atoms with Gasteiger partial charge in [0, 0.05) is 11.4 Å². The van der Waals surface area contributed by atoms with Crippen LogP contribution in [0.5, 0.6) is 0 Å². The highest BCUT2D eigenvalue weighted by atomic mass is 16.2. The third-order valence-electron chi connectivity index (χ3n) is 3.95. The summed E-state index contributed by atoms with van der Waals surface area (Å²) in [6.07, 6.45) is 0. The number of hydrogen-bond donors (Lipinski definition) is 1. The minimum absolute atomic E-state index is 0.127. The van der Waals surface area contributed by atoms with Gasteiger partial charge in [-0.3, -0.25) is 4.79 Å².